The molecule has 0 fully saturated rings. The van der Waals surface area contributed by atoms with Gasteiger partial charge in [-0.25, -0.2) is 18.2 Å². The summed E-state index contributed by atoms with van der Waals surface area (Å²) in [6.07, 6.45) is 2.59. The minimum absolute atomic E-state index is 0.00842. The van der Waals surface area contributed by atoms with Crippen molar-refractivity contribution >= 4 is 55.5 Å². The molecule has 0 unspecified atom stereocenters. The van der Waals surface area contributed by atoms with Gasteiger partial charge in [0.15, 0.2) is 10.9 Å². The van der Waals surface area contributed by atoms with Crippen LogP contribution in [-0.4, -0.2) is 32.3 Å². The van der Waals surface area contributed by atoms with E-state index in [1.165, 1.54) is 49.7 Å². The number of benzene rings is 2. The first-order chi connectivity index (χ1) is 14.8. The molecule has 0 saturated heterocycles. The number of ether oxygens (including phenoxy) is 1. The van der Waals surface area contributed by atoms with Gasteiger partial charge in [0, 0.05) is 33.9 Å². The number of carbonyl (C=O) groups excluding carboxylic acids is 2. The number of hydrogen-bond acceptors (Lipinski definition) is 8. The number of sulfonamides is 1. The lowest BCUT2D eigenvalue weighted by Gasteiger charge is -2.10. The van der Waals surface area contributed by atoms with Crippen LogP contribution in [0.3, 0.4) is 0 Å². The molecule has 0 aliphatic heterocycles. The van der Waals surface area contributed by atoms with Crippen molar-refractivity contribution in [2.45, 2.75) is 4.90 Å². The molecule has 31 heavy (non-hydrogen) atoms. The number of anilines is 2. The highest BCUT2D eigenvalue weighted by Crippen LogP contribution is 2.20. The number of ketones is 1. The summed E-state index contributed by atoms with van der Waals surface area (Å²) in [5, 5.41) is 5.16. The van der Waals surface area contributed by atoms with E-state index in [0.717, 1.165) is 17.4 Å². The van der Waals surface area contributed by atoms with Gasteiger partial charge < -0.3 is 10.1 Å². The minimum atomic E-state index is -3.81. The lowest BCUT2D eigenvalue weighted by atomic mass is 10.1. The summed E-state index contributed by atoms with van der Waals surface area (Å²) >= 11 is 6.98. The fraction of sp³-hybridized carbons (Fsp3) is 0.0500. The van der Waals surface area contributed by atoms with Crippen molar-refractivity contribution in [1.29, 1.82) is 0 Å². The van der Waals surface area contributed by atoms with Crippen molar-refractivity contribution in [1.82, 2.24) is 4.98 Å². The molecule has 1 aromatic heterocycles. The second-order valence-electron chi connectivity index (χ2n) is 6.01. The van der Waals surface area contributed by atoms with Crippen molar-refractivity contribution in [3.8, 4) is 0 Å². The number of nitrogens with zero attached hydrogens (tertiary/aromatic N) is 1. The van der Waals surface area contributed by atoms with Gasteiger partial charge in [-0.2, -0.15) is 0 Å². The zero-order valence-electron chi connectivity index (χ0n) is 16.0. The normalized spacial score (nSPS) is 11.6. The van der Waals surface area contributed by atoms with Gasteiger partial charge in [-0.05, 0) is 48.5 Å². The molecule has 0 bridgehead atoms. The van der Waals surface area contributed by atoms with E-state index in [-0.39, 0.29) is 15.7 Å². The predicted octanol–water partition coefficient (Wildman–Crippen LogP) is 3.95. The van der Waals surface area contributed by atoms with Crippen molar-refractivity contribution in [2.75, 3.05) is 17.1 Å². The third kappa shape index (κ3) is 5.91. The first-order valence-corrected chi connectivity index (χ1v) is 11.4. The monoisotopic (exact) mass is 477 g/mol. The van der Waals surface area contributed by atoms with E-state index in [0.29, 0.717) is 16.3 Å². The highest BCUT2D eigenvalue weighted by atomic mass is 35.5. The number of esters is 1. The van der Waals surface area contributed by atoms with E-state index in [1.54, 1.807) is 17.5 Å². The summed E-state index contributed by atoms with van der Waals surface area (Å²) in [6, 6.07) is 11.8. The summed E-state index contributed by atoms with van der Waals surface area (Å²) in [5.41, 5.74) is 0.607. The molecule has 3 rings (SSSR count). The summed E-state index contributed by atoms with van der Waals surface area (Å²) in [7, 11) is -2.62. The van der Waals surface area contributed by atoms with Gasteiger partial charge in [0.05, 0.1) is 12.0 Å². The number of methoxy groups -OCH3 is 1. The molecule has 8 nitrogen and oxygen atoms in total. The molecule has 0 atom stereocenters. The van der Waals surface area contributed by atoms with E-state index in [2.05, 4.69) is 15.0 Å². The van der Waals surface area contributed by atoms with Crippen LogP contribution in [0.1, 0.15) is 10.4 Å². The summed E-state index contributed by atoms with van der Waals surface area (Å²) in [5.74, 6) is -1.19. The molecule has 2 aromatic carbocycles. The van der Waals surface area contributed by atoms with Crippen LogP contribution in [0.4, 0.5) is 10.8 Å². The van der Waals surface area contributed by atoms with Crippen LogP contribution in [-0.2, 0) is 19.6 Å². The number of hydrogen-bond donors (Lipinski definition) is 2. The Kier molecular flexibility index (Phi) is 7.06. The van der Waals surface area contributed by atoms with Crippen molar-refractivity contribution < 1.29 is 22.7 Å². The summed E-state index contributed by atoms with van der Waals surface area (Å²) in [6.45, 7) is 0. The summed E-state index contributed by atoms with van der Waals surface area (Å²) < 4.78 is 31.9. The first-order valence-electron chi connectivity index (χ1n) is 8.68. The molecule has 1 heterocycles. The molecule has 2 N–H and O–H groups in total. The molecule has 0 amide bonds. The van der Waals surface area contributed by atoms with E-state index >= 15 is 0 Å². The standard InChI is InChI=1S/C20H16ClN3O5S2/c1-29-19(26)17(12-18(25)13-2-4-14(21)5-3-13)23-15-6-8-16(9-7-15)31(27,28)24-20-22-10-11-30-20/h2-12,23H,1H3,(H,22,24)/b17-12-. The fourth-order valence-electron chi connectivity index (χ4n) is 2.41. The molecular weight excluding hydrogens is 462 g/mol. The third-order valence-corrected chi connectivity index (χ3v) is 6.33. The molecule has 0 saturated carbocycles. The average molecular weight is 478 g/mol. The molecule has 0 aliphatic rings. The van der Waals surface area contributed by atoms with Gasteiger partial charge in [-0.15, -0.1) is 11.3 Å². The van der Waals surface area contributed by atoms with Crippen LogP contribution in [0.2, 0.25) is 5.02 Å². The van der Waals surface area contributed by atoms with Gasteiger partial charge in [-0.3, -0.25) is 9.52 Å². The first kappa shape index (κ1) is 22.5. The Morgan fingerprint density at radius 1 is 1.10 bits per heavy atom. The van der Waals surface area contributed by atoms with Gasteiger partial charge >= 0.3 is 5.97 Å². The number of nitrogens with one attached hydrogen (secondary N) is 2. The van der Waals surface area contributed by atoms with Gasteiger partial charge in [0.2, 0.25) is 0 Å². The molecule has 0 aliphatic carbocycles. The number of allylic oxidation sites excluding steroid dienone is 1. The fourth-order valence-corrected chi connectivity index (χ4v) is 4.32. The topological polar surface area (TPSA) is 114 Å². The van der Waals surface area contributed by atoms with Crippen LogP contribution in [0.5, 0.6) is 0 Å². The largest absolute Gasteiger partial charge is 0.464 e. The second kappa shape index (κ2) is 9.73. The average Bonchev–Trinajstić information content (AvgIpc) is 3.25. The van der Waals surface area contributed by atoms with Crippen LogP contribution < -0.4 is 10.0 Å². The van der Waals surface area contributed by atoms with Crippen LogP contribution in [0, 0.1) is 0 Å². The van der Waals surface area contributed by atoms with E-state index in [9.17, 15) is 18.0 Å². The van der Waals surface area contributed by atoms with Gasteiger partial charge in [0.1, 0.15) is 5.70 Å². The van der Waals surface area contributed by atoms with E-state index in [4.69, 9.17) is 16.3 Å². The third-order valence-electron chi connectivity index (χ3n) is 3.91. The Hall–Kier alpha value is -3.21. The maximum atomic E-state index is 12.5. The van der Waals surface area contributed by atoms with Gasteiger partial charge in [0.25, 0.3) is 10.0 Å². The summed E-state index contributed by atoms with van der Waals surface area (Å²) in [4.78, 5) is 28.5. The van der Waals surface area contributed by atoms with Crippen LogP contribution in [0.15, 0.2) is 76.8 Å². The lowest BCUT2D eigenvalue weighted by Crippen LogP contribution is -2.15. The number of carbonyl (C=O) groups is 2. The van der Waals surface area contributed by atoms with Crippen molar-refractivity contribution in [3.63, 3.8) is 0 Å². The maximum absolute atomic E-state index is 12.5. The van der Waals surface area contributed by atoms with Crippen LogP contribution in [0.25, 0.3) is 0 Å². The Bertz CT molecular complexity index is 1210. The number of rotatable bonds is 8. The molecular formula is C20H16ClN3O5S2. The second-order valence-corrected chi connectivity index (χ2v) is 9.03. The van der Waals surface area contributed by atoms with E-state index < -0.39 is 21.8 Å². The molecule has 0 spiro atoms. The molecule has 160 valence electrons. The maximum Gasteiger partial charge on any atom is 0.354 e. The Morgan fingerprint density at radius 2 is 1.77 bits per heavy atom. The number of thiazole rings is 1. The SMILES string of the molecule is COC(=O)/C(=C/C(=O)c1ccc(Cl)cc1)Nc1ccc(S(=O)(=O)Nc2nccs2)cc1. The zero-order valence-corrected chi connectivity index (χ0v) is 18.4. The highest BCUT2D eigenvalue weighted by molar-refractivity contribution is 7.93. The highest BCUT2D eigenvalue weighted by Gasteiger charge is 2.17. The van der Waals surface area contributed by atoms with Crippen LogP contribution >= 0.6 is 22.9 Å². The molecule has 0 radical (unpaired) electrons. The zero-order chi connectivity index (χ0) is 22.4. The molecule has 3 aromatic rings. The Morgan fingerprint density at radius 3 is 2.35 bits per heavy atom. The van der Waals surface area contributed by atoms with Crippen molar-refractivity contribution in [3.05, 3.63) is 82.5 Å². The Labute approximate surface area is 187 Å². The van der Waals surface area contributed by atoms with Crippen molar-refractivity contribution in [2.24, 2.45) is 0 Å². The lowest BCUT2D eigenvalue weighted by molar-refractivity contribution is -0.135. The minimum Gasteiger partial charge on any atom is -0.464 e. The van der Waals surface area contributed by atoms with Gasteiger partial charge in [-0.1, -0.05) is 11.6 Å². The molecule has 11 heteroatoms. The smallest absolute Gasteiger partial charge is 0.354 e. The Balaban J connectivity index is 1.79. The number of halogens is 1. The predicted molar refractivity (Wildman–Crippen MR) is 119 cm³/mol. The van der Waals surface area contributed by atoms with E-state index in [1.807, 2.05) is 0 Å². The quantitative estimate of drug-likeness (QED) is 0.287. The number of aromatic nitrogens is 1.